The maximum atomic E-state index is 8.81. The first-order chi connectivity index (χ1) is 8.60. The van der Waals surface area contributed by atoms with Crippen molar-refractivity contribution in [1.29, 1.82) is 0 Å². The van der Waals surface area contributed by atoms with Crippen molar-refractivity contribution in [3.05, 3.63) is 24.8 Å². The normalized spacial score (nSPS) is 8.00. The van der Waals surface area contributed by atoms with Gasteiger partial charge in [-0.2, -0.15) is 0 Å². The van der Waals surface area contributed by atoms with Crippen LogP contribution in [0.15, 0.2) is 24.8 Å². The summed E-state index contributed by atoms with van der Waals surface area (Å²) in [6.07, 6.45) is 18.5. The third-order valence-electron chi connectivity index (χ3n) is 1.47. The van der Waals surface area contributed by atoms with Crippen LogP contribution in [0.25, 0.3) is 0 Å². The highest BCUT2D eigenvalue weighted by atomic mass is 16.1. The smallest absolute Gasteiger partial charge is 0.116 e. The molecule has 0 atom stereocenters. The highest BCUT2D eigenvalue weighted by Gasteiger charge is 1.82. The van der Waals surface area contributed by atoms with Crippen molar-refractivity contribution in [2.24, 2.45) is 0 Å². The number of terminal acetylenes is 1. The fraction of sp³-hybridized carbons (Fsp3) is 0.562. The third-order valence-corrected chi connectivity index (χ3v) is 1.47. The van der Waals surface area contributed by atoms with Gasteiger partial charge in [-0.3, -0.25) is 0 Å². The zero-order valence-electron chi connectivity index (χ0n) is 12.9. The summed E-state index contributed by atoms with van der Waals surface area (Å²) in [5.74, 6) is 0. The zero-order valence-corrected chi connectivity index (χ0v) is 12.9. The number of allylic oxidation sites excluding steroid dienone is 2. The van der Waals surface area contributed by atoms with Crippen LogP contribution in [0.3, 0.4) is 0 Å². The molecule has 18 heavy (non-hydrogen) atoms. The summed E-state index contributed by atoms with van der Waals surface area (Å²) < 4.78 is 0. The Morgan fingerprint density at radius 3 is 1.78 bits per heavy atom. The van der Waals surface area contributed by atoms with E-state index in [1.165, 1.54) is 19.8 Å². The lowest BCUT2D eigenvalue weighted by molar-refractivity contribution is -0.106. The van der Waals surface area contributed by atoms with Crippen molar-refractivity contribution in [2.75, 3.05) is 20.6 Å². The van der Waals surface area contributed by atoms with Gasteiger partial charge >= 0.3 is 0 Å². The highest BCUT2D eigenvalue weighted by molar-refractivity contribution is 5.44. The molecule has 0 aliphatic carbocycles. The van der Waals surface area contributed by atoms with E-state index in [4.69, 9.17) is 4.79 Å². The fourth-order valence-electron chi connectivity index (χ4n) is 0.704. The summed E-state index contributed by atoms with van der Waals surface area (Å²) >= 11 is 0. The maximum absolute atomic E-state index is 8.81. The number of unbranched alkanes of at least 4 members (excludes halogenated alkanes) is 1. The average molecular weight is 253 g/mol. The van der Waals surface area contributed by atoms with Crippen LogP contribution >= 0.6 is 0 Å². The third kappa shape index (κ3) is 85.3. The second kappa shape index (κ2) is 36.1. The van der Waals surface area contributed by atoms with Crippen molar-refractivity contribution in [3.8, 4) is 12.8 Å². The van der Waals surface area contributed by atoms with Crippen molar-refractivity contribution in [2.45, 2.75) is 40.0 Å². The van der Waals surface area contributed by atoms with Crippen LogP contribution in [0.4, 0.5) is 0 Å². The van der Waals surface area contributed by atoms with Gasteiger partial charge in [-0.15, -0.1) is 19.4 Å². The van der Waals surface area contributed by atoms with Crippen LogP contribution in [-0.2, 0) is 4.79 Å². The van der Waals surface area contributed by atoms with E-state index in [0.717, 1.165) is 19.3 Å². The van der Waals surface area contributed by atoms with Crippen LogP contribution in [0.1, 0.15) is 40.0 Å². The van der Waals surface area contributed by atoms with Gasteiger partial charge in [0.2, 0.25) is 0 Å². The van der Waals surface area contributed by atoms with E-state index in [0.29, 0.717) is 0 Å². The maximum Gasteiger partial charge on any atom is 0.116 e. The molecule has 0 spiro atoms. The number of hydrogen-bond donors (Lipinski definition) is 0. The predicted octanol–water partition coefficient (Wildman–Crippen LogP) is 3.94. The second-order valence-electron chi connectivity index (χ2n) is 3.47. The molecule has 0 rings (SSSR count). The van der Waals surface area contributed by atoms with Gasteiger partial charge in [0, 0.05) is 6.54 Å². The Bertz CT molecular complexity index is 181. The Hall–Kier alpha value is -1.33. The first-order valence-corrected chi connectivity index (χ1v) is 6.20. The molecule has 0 aliphatic rings. The first-order valence-electron chi connectivity index (χ1n) is 6.20. The molecule has 2 heteroatoms. The lowest BCUT2D eigenvalue weighted by Crippen LogP contribution is -2.11. The molecule has 0 radical (unpaired) electrons. The van der Waals surface area contributed by atoms with E-state index in [-0.39, 0.29) is 0 Å². The van der Waals surface area contributed by atoms with Crippen molar-refractivity contribution < 1.29 is 4.79 Å². The number of rotatable bonds is 5. The molecule has 0 N–H and O–H groups in total. The van der Waals surface area contributed by atoms with E-state index in [1.807, 2.05) is 6.08 Å². The highest BCUT2D eigenvalue weighted by Crippen LogP contribution is 1.83. The monoisotopic (exact) mass is 253 g/mol. The largest absolute Gasteiger partial charge is 0.309 e. The molecule has 0 aromatic rings. The Balaban J connectivity index is -0.0000000842. The lowest BCUT2D eigenvalue weighted by atomic mass is 10.3. The van der Waals surface area contributed by atoms with Gasteiger partial charge in [-0.1, -0.05) is 31.6 Å². The number of hydrogen-bond acceptors (Lipinski definition) is 2. The molecular formula is C16H31NO. The Kier molecular flexibility index (Phi) is 51.1. The number of aldehydes is 1. The van der Waals surface area contributed by atoms with Gasteiger partial charge in [-0.25, -0.2) is 0 Å². The summed E-state index contributed by atoms with van der Waals surface area (Å²) in [7, 11) is 4.17. The quantitative estimate of drug-likeness (QED) is 0.420. The van der Waals surface area contributed by atoms with Gasteiger partial charge in [0.25, 0.3) is 0 Å². The van der Waals surface area contributed by atoms with E-state index in [1.54, 1.807) is 0 Å². The van der Waals surface area contributed by atoms with Gasteiger partial charge in [0.1, 0.15) is 6.29 Å². The standard InChI is InChI=1S/C7H15N.C5H10.C2H4O.C2H2/c1-4-5-6-7-8(2)3;1-3-5-4-2;1-2-3;1-2/h4-5H,6-7H2,1-3H3;3H,1,4-5H2,2H3;2H,1H3;1-2H/b5-4-;;;. The molecule has 0 aromatic carbocycles. The lowest BCUT2D eigenvalue weighted by Gasteiger charge is -2.04. The predicted molar refractivity (Wildman–Crippen MR) is 84.7 cm³/mol. The summed E-state index contributed by atoms with van der Waals surface area (Å²) in [6.45, 7) is 10.3. The van der Waals surface area contributed by atoms with Gasteiger partial charge < -0.3 is 9.69 Å². The molecule has 0 bridgehead atoms. The minimum absolute atomic E-state index is 0.750. The molecule has 0 aromatic heterocycles. The molecule has 0 aliphatic heterocycles. The summed E-state index contributed by atoms with van der Waals surface area (Å²) in [5, 5.41) is 0. The van der Waals surface area contributed by atoms with E-state index in [2.05, 4.69) is 64.4 Å². The summed E-state index contributed by atoms with van der Waals surface area (Å²) in [5.41, 5.74) is 0. The molecule has 0 unspecified atom stereocenters. The zero-order chi connectivity index (χ0) is 15.2. The van der Waals surface area contributed by atoms with Crippen LogP contribution in [0.5, 0.6) is 0 Å². The minimum atomic E-state index is 0.750. The summed E-state index contributed by atoms with van der Waals surface area (Å²) in [4.78, 5) is 11.0. The van der Waals surface area contributed by atoms with Gasteiger partial charge in [0.05, 0.1) is 0 Å². The molecule has 2 nitrogen and oxygen atoms in total. The van der Waals surface area contributed by atoms with Crippen molar-refractivity contribution in [1.82, 2.24) is 4.90 Å². The Labute approximate surface area is 115 Å². The molecule has 106 valence electrons. The number of nitrogens with zero attached hydrogens (tertiary/aromatic N) is 1. The average Bonchev–Trinajstić information content (AvgIpc) is 2.34. The number of carbonyl (C=O) groups excluding carboxylic acids is 1. The van der Waals surface area contributed by atoms with E-state index < -0.39 is 0 Å². The molecule has 0 heterocycles. The topological polar surface area (TPSA) is 20.3 Å². The molecule has 0 saturated carbocycles. The van der Waals surface area contributed by atoms with Crippen LogP contribution in [0, 0.1) is 12.8 Å². The van der Waals surface area contributed by atoms with Crippen molar-refractivity contribution >= 4 is 6.29 Å². The van der Waals surface area contributed by atoms with Crippen molar-refractivity contribution in [3.63, 3.8) is 0 Å². The molecule has 0 fully saturated rings. The molecular weight excluding hydrogens is 222 g/mol. The Morgan fingerprint density at radius 1 is 1.17 bits per heavy atom. The SMILES string of the molecule is C#C.C/C=C\CCN(C)C.C=CCCC.CC=O. The van der Waals surface area contributed by atoms with Gasteiger partial charge in [-0.05, 0) is 40.8 Å². The molecule has 0 saturated heterocycles. The number of carbonyl (C=O) groups is 1. The minimum Gasteiger partial charge on any atom is -0.309 e. The van der Waals surface area contributed by atoms with E-state index >= 15 is 0 Å². The van der Waals surface area contributed by atoms with Crippen LogP contribution in [-0.4, -0.2) is 31.8 Å². The Morgan fingerprint density at radius 2 is 1.61 bits per heavy atom. The fourth-order valence-corrected chi connectivity index (χ4v) is 0.704. The van der Waals surface area contributed by atoms with Crippen LogP contribution in [0.2, 0.25) is 0 Å². The van der Waals surface area contributed by atoms with Crippen LogP contribution < -0.4 is 0 Å². The first kappa shape index (κ1) is 25.5. The van der Waals surface area contributed by atoms with E-state index in [9.17, 15) is 0 Å². The van der Waals surface area contributed by atoms with Gasteiger partial charge in [0.15, 0.2) is 0 Å². The molecule has 0 amide bonds. The summed E-state index contributed by atoms with van der Waals surface area (Å²) in [6, 6.07) is 0. The second-order valence-corrected chi connectivity index (χ2v) is 3.47.